The summed E-state index contributed by atoms with van der Waals surface area (Å²) in [6.45, 7) is 0. The lowest BCUT2D eigenvalue weighted by Crippen LogP contribution is -1.90. The van der Waals surface area contributed by atoms with Crippen molar-refractivity contribution < 1.29 is 23.4 Å². The average molecular weight is 290 g/mol. The van der Waals surface area contributed by atoms with Gasteiger partial charge >= 0.3 is 0 Å². The first-order valence-corrected chi connectivity index (χ1v) is 6.04. The maximum Gasteiger partial charge on any atom is 0.168 e. The molecule has 3 nitrogen and oxygen atoms in total. The number of carbonyl (C=O) groups is 1. The molecule has 0 aliphatic rings. The molecule has 108 valence electrons. The smallest absolute Gasteiger partial charge is 0.168 e. The van der Waals surface area contributed by atoms with Gasteiger partial charge in [-0.3, -0.25) is 4.79 Å². The summed E-state index contributed by atoms with van der Waals surface area (Å²) in [5.74, 6) is -1.46. The van der Waals surface area contributed by atoms with Crippen LogP contribution < -0.4 is 4.74 Å². The van der Waals surface area contributed by atoms with E-state index >= 15 is 0 Å². The number of halogens is 2. The Balaban J connectivity index is 2.38. The van der Waals surface area contributed by atoms with Crippen LogP contribution in [0.15, 0.2) is 30.3 Å². The molecule has 0 saturated carbocycles. The topological polar surface area (TPSA) is 46.5 Å². The number of phenolic OH excluding ortho intramolecular Hbond substituents is 1. The van der Waals surface area contributed by atoms with Gasteiger partial charge in [0.15, 0.2) is 17.8 Å². The first-order valence-electron chi connectivity index (χ1n) is 6.04. The summed E-state index contributed by atoms with van der Waals surface area (Å²) in [6.07, 6.45) is 3.47. The van der Waals surface area contributed by atoms with Crippen molar-refractivity contribution in [2.24, 2.45) is 0 Å². The second kappa shape index (κ2) is 6.17. The van der Waals surface area contributed by atoms with Crippen molar-refractivity contribution in [1.29, 1.82) is 0 Å². The van der Waals surface area contributed by atoms with Gasteiger partial charge in [-0.15, -0.1) is 0 Å². The van der Waals surface area contributed by atoms with Gasteiger partial charge in [-0.25, -0.2) is 8.78 Å². The number of phenols is 1. The van der Waals surface area contributed by atoms with Crippen molar-refractivity contribution in [2.45, 2.75) is 0 Å². The monoisotopic (exact) mass is 290 g/mol. The Kier molecular flexibility index (Phi) is 4.33. The van der Waals surface area contributed by atoms with E-state index in [1.54, 1.807) is 0 Å². The van der Waals surface area contributed by atoms with E-state index in [9.17, 15) is 18.7 Å². The molecule has 1 N–H and O–H groups in total. The molecular formula is C16H12F2O3. The minimum Gasteiger partial charge on any atom is -0.504 e. The van der Waals surface area contributed by atoms with Crippen LogP contribution in [-0.4, -0.2) is 18.5 Å². The number of aromatic hydroxyl groups is 1. The van der Waals surface area contributed by atoms with Gasteiger partial charge in [0.05, 0.1) is 12.7 Å². The summed E-state index contributed by atoms with van der Waals surface area (Å²) < 4.78 is 31.3. The molecule has 2 aromatic rings. The van der Waals surface area contributed by atoms with Crippen LogP contribution in [0.5, 0.6) is 11.5 Å². The number of benzene rings is 2. The quantitative estimate of drug-likeness (QED) is 0.690. The van der Waals surface area contributed by atoms with Crippen LogP contribution >= 0.6 is 0 Å². The molecule has 0 aliphatic heterocycles. The van der Waals surface area contributed by atoms with E-state index in [4.69, 9.17) is 4.74 Å². The molecule has 0 bridgehead atoms. The van der Waals surface area contributed by atoms with E-state index in [1.807, 2.05) is 0 Å². The van der Waals surface area contributed by atoms with Gasteiger partial charge < -0.3 is 9.84 Å². The molecule has 0 saturated heterocycles. The van der Waals surface area contributed by atoms with E-state index in [2.05, 4.69) is 0 Å². The summed E-state index contributed by atoms with van der Waals surface area (Å²) in [4.78, 5) is 10.9. The lowest BCUT2D eigenvalue weighted by molar-refractivity contribution is 0.112. The minimum absolute atomic E-state index is 0.0635. The van der Waals surface area contributed by atoms with Gasteiger partial charge in [-0.2, -0.15) is 0 Å². The van der Waals surface area contributed by atoms with E-state index in [0.717, 1.165) is 12.1 Å². The molecule has 0 radical (unpaired) electrons. The normalized spacial score (nSPS) is 10.8. The van der Waals surface area contributed by atoms with Crippen LogP contribution in [-0.2, 0) is 0 Å². The van der Waals surface area contributed by atoms with Gasteiger partial charge in [0.25, 0.3) is 0 Å². The SMILES string of the molecule is COc1cc(/C=C/c2ccc(F)cc2F)cc(C=O)c1O. The number of hydrogen-bond donors (Lipinski definition) is 1. The minimum atomic E-state index is -0.687. The van der Waals surface area contributed by atoms with Crippen molar-refractivity contribution in [3.05, 3.63) is 58.7 Å². The number of ether oxygens (including phenoxy) is 1. The zero-order valence-electron chi connectivity index (χ0n) is 11.1. The van der Waals surface area contributed by atoms with Gasteiger partial charge in [-0.05, 0) is 29.8 Å². The fourth-order valence-corrected chi connectivity index (χ4v) is 1.82. The number of carbonyl (C=O) groups excluding carboxylic acids is 1. The van der Waals surface area contributed by atoms with Crippen molar-refractivity contribution in [2.75, 3.05) is 7.11 Å². The van der Waals surface area contributed by atoms with Crippen molar-refractivity contribution in [1.82, 2.24) is 0 Å². The van der Waals surface area contributed by atoms with Crippen molar-refractivity contribution in [3.63, 3.8) is 0 Å². The lowest BCUT2D eigenvalue weighted by Gasteiger charge is -2.06. The maximum absolute atomic E-state index is 13.5. The van der Waals surface area contributed by atoms with Crippen LogP contribution in [0.4, 0.5) is 8.78 Å². The Bertz CT molecular complexity index is 709. The predicted octanol–water partition coefficient (Wildman–Crippen LogP) is 3.66. The largest absolute Gasteiger partial charge is 0.504 e. The number of aldehydes is 1. The second-order valence-electron chi connectivity index (χ2n) is 4.28. The third-order valence-corrected chi connectivity index (χ3v) is 2.89. The van der Waals surface area contributed by atoms with Crippen LogP contribution in [0.2, 0.25) is 0 Å². The molecule has 0 aliphatic carbocycles. The molecule has 0 unspecified atom stereocenters. The van der Waals surface area contributed by atoms with E-state index in [0.29, 0.717) is 11.8 Å². The molecule has 0 atom stereocenters. The summed E-state index contributed by atoms with van der Waals surface area (Å²) in [6, 6.07) is 6.17. The molecule has 2 rings (SSSR count). The highest BCUT2D eigenvalue weighted by atomic mass is 19.1. The van der Waals surface area contributed by atoms with E-state index in [-0.39, 0.29) is 22.6 Å². The fraction of sp³-hybridized carbons (Fsp3) is 0.0625. The summed E-state index contributed by atoms with van der Waals surface area (Å²) in [5, 5.41) is 9.69. The Morgan fingerprint density at radius 2 is 1.86 bits per heavy atom. The Morgan fingerprint density at radius 3 is 2.48 bits per heavy atom. The molecular weight excluding hydrogens is 278 g/mol. The standard InChI is InChI=1S/C16H12F2O3/c1-21-15-7-10(6-12(9-19)16(15)20)2-3-11-4-5-13(17)8-14(11)18/h2-9,20H,1H3/b3-2+. The van der Waals surface area contributed by atoms with Gasteiger partial charge in [0.1, 0.15) is 11.6 Å². The zero-order chi connectivity index (χ0) is 15.4. The first kappa shape index (κ1) is 14.7. The highest BCUT2D eigenvalue weighted by Gasteiger charge is 2.09. The Morgan fingerprint density at radius 1 is 1.10 bits per heavy atom. The van der Waals surface area contributed by atoms with Gasteiger partial charge in [-0.1, -0.05) is 12.2 Å². The molecule has 0 heterocycles. The number of rotatable bonds is 4. The first-order chi connectivity index (χ1) is 10.0. The highest BCUT2D eigenvalue weighted by Crippen LogP contribution is 2.31. The second-order valence-corrected chi connectivity index (χ2v) is 4.28. The van der Waals surface area contributed by atoms with E-state index < -0.39 is 11.6 Å². The van der Waals surface area contributed by atoms with Crippen LogP contribution in [0, 0.1) is 11.6 Å². The molecule has 0 fully saturated rings. The van der Waals surface area contributed by atoms with Gasteiger partial charge in [0, 0.05) is 11.6 Å². The van der Waals surface area contributed by atoms with E-state index in [1.165, 1.54) is 37.5 Å². The number of hydrogen-bond acceptors (Lipinski definition) is 3. The molecule has 0 amide bonds. The molecule has 21 heavy (non-hydrogen) atoms. The highest BCUT2D eigenvalue weighted by molar-refractivity contribution is 5.84. The Labute approximate surface area is 120 Å². The molecule has 2 aromatic carbocycles. The van der Waals surface area contributed by atoms with Crippen molar-refractivity contribution in [3.8, 4) is 11.5 Å². The maximum atomic E-state index is 13.5. The van der Waals surface area contributed by atoms with Crippen LogP contribution in [0.25, 0.3) is 12.2 Å². The molecule has 0 aromatic heterocycles. The predicted molar refractivity (Wildman–Crippen MR) is 75.3 cm³/mol. The average Bonchev–Trinajstić information content (AvgIpc) is 2.47. The van der Waals surface area contributed by atoms with Gasteiger partial charge in [0.2, 0.25) is 0 Å². The van der Waals surface area contributed by atoms with Crippen molar-refractivity contribution >= 4 is 18.4 Å². The zero-order valence-corrected chi connectivity index (χ0v) is 11.1. The van der Waals surface area contributed by atoms with Crippen LogP contribution in [0.1, 0.15) is 21.5 Å². The molecule has 0 spiro atoms. The third-order valence-electron chi connectivity index (χ3n) is 2.89. The Hall–Kier alpha value is -2.69. The van der Waals surface area contributed by atoms with Crippen LogP contribution in [0.3, 0.4) is 0 Å². The number of methoxy groups -OCH3 is 1. The summed E-state index contributed by atoms with van der Waals surface area (Å²) >= 11 is 0. The fourth-order valence-electron chi connectivity index (χ4n) is 1.82. The lowest BCUT2D eigenvalue weighted by atomic mass is 10.1. The molecule has 5 heteroatoms. The summed E-state index contributed by atoms with van der Waals surface area (Å²) in [7, 11) is 1.36. The third kappa shape index (κ3) is 3.25. The summed E-state index contributed by atoms with van der Waals surface area (Å²) in [5.41, 5.74) is 0.806.